The molecule has 2 aromatic rings. The number of epoxide rings is 1. The minimum Gasteiger partial charge on any atom is -0.491 e. The van der Waals surface area contributed by atoms with Gasteiger partial charge in [-0.25, -0.2) is 9.59 Å². The molecule has 0 saturated carbocycles. The molecule has 26 heavy (non-hydrogen) atoms. The van der Waals surface area contributed by atoms with Crippen LogP contribution in [-0.2, 0) is 14.3 Å². The number of carbonyl (C=O) groups is 1. The topological polar surface area (TPSA) is 98.5 Å². The largest absolute Gasteiger partial charge is 0.491 e. The van der Waals surface area contributed by atoms with Crippen LogP contribution in [-0.4, -0.2) is 41.1 Å². The van der Waals surface area contributed by atoms with Crippen LogP contribution >= 0.6 is 0 Å². The highest BCUT2D eigenvalue weighted by Crippen LogP contribution is 2.43. The number of fused-ring (bicyclic) bond motifs is 1. The van der Waals surface area contributed by atoms with Crippen molar-refractivity contribution in [2.45, 2.75) is 50.1 Å². The molecular formula is C19H20O7. The number of hydrogen-bond donors (Lipinski definition) is 1. The summed E-state index contributed by atoms with van der Waals surface area (Å²) in [4.78, 5) is 22.9. The van der Waals surface area contributed by atoms with Gasteiger partial charge >= 0.3 is 11.6 Å². The predicted octanol–water partition coefficient (Wildman–Crippen LogP) is 1.79. The van der Waals surface area contributed by atoms with Gasteiger partial charge < -0.3 is 23.7 Å². The second kappa shape index (κ2) is 5.82. The van der Waals surface area contributed by atoms with E-state index in [0.717, 1.165) is 5.39 Å². The van der Waals surface area contributed by atoms with E-state index in [9.17, 15) is 14.7 Å². The lowest BCUT2D eigenvalue weighted by molar-refractivity contribution is -0.153. The highest BCUT2D eigenvalue weighted by molar-refractivity contribution is 5.81. The third kappa shape index (κ3) is 3.20. The Morgan fingerprint density at radius 2 is 2.00 bits per heavy atom. The lowest BCUT2D eigenvalue weighted by atomic mass is 9.94. The van der Waals surface area contributed by atoms with Gasteiger partial charge in [0, 0.05) is 30.4 Å². The third-order valence-electron chi connectivity index (χ3n) is 5.00. The molecular weight excluding hydrogens is 340 g/mol. The Morgan fingerprint density at radius 1 is 1.23 bits per heavy atom. The van der Waals surface area contributed by atoms with Crippen molar-refractivity contribution in [2.24, 2.45) is 0 Å². The summed E-state index contributed by atoms with van der Waals surface area (Å²) in [5, 5.41) is 10.7. The van der Waals surface area contributed by atoms with E-state index in [2.05, 4.69) is 0 Å². The monoisotopic (exact) mass is 360 g/mol. The zero-order valence-corrected chi connectivity index (χ0v) is 14.6. The summed E-state index contributed by atoms with van der Waals surface area (Å²) >= 11 is 0. The maximum absolute atomic E-state index is 11.6. The molecule has 1 aromatic carbocycles. The number of rotatable bonds is 5. The summed E-state index contributed by atoms with van der Waals surface area (Å²) in [6.45, 7) is 3.72. The number of benzene rings is 1. The first-order valence-corrected chi connectivity index (χ1v) is 8.53. The van der Waals surface area contributed by atoms with Gasteiger partial charge in [0.25, 0.3) is 0 Å². The molecule has 0 aliphatic carbocycles. The second-order valence-electron chi connectivity index (χ2n) is 7.39. The van der Waals surface area contributed by atoms with Crippen LogP contribution in [0, 0.1) is 0 Å². The molecule has 4 atom stereocenters. The molecule has 2 saturated heterocycles. The Bertz CT molecular complexity index is 915. The van der Waals surface area contributed by atoms with Crippen molar-refractivity contribution in [1.29, 1.82) is 0 Å². The lowest BCUT2D eigenvalue weighted by Gasteiger charge is -2.13. The molecule has 2 aliphatic rings. The standard InChI is InChI=1S/C19H20O7/c1-18(22)8-13(24-17(18)21)9-19(2)15(26-19)10-23-12-5-3-11-4-6-16(20)25-14(11)7-12/h3-7,13,15,22H,8-10H2,1-2H3/t13-,15-,18+,19+/m1/s1. The van der Waals surface area contributed by atoms with Gasteiger partial charge in [0.15, 0.2) is 5.60 Å². The average molecular weight is 360 g/mol. The van der Waals surface area contributed by atoms with Gasteiger partial charge in [0.2, 0.25) is 0 Å². The van der Waals surface area contributed by atoms with Gasteiger partial charge in [0.05, 0.1) is 5.60 Å². The number of cyclic esters (lactones) is 1. The minimum atomic E-state index is -1.42. The molecule has 7 nitrogen and oxygen atoms in total. The van der Waals surface area contributed by atoms with Crippen LogP contribution in [0.4, 0.5) is 0 Å². The van der Waals surface area contributed by atoms with E-state index >= 15 is 0 Å². The van der Waals surface area contributed by atoms with E-state index in [-0.39, 0.29) is 18.6 Å². The van der Waals surface area contributed by atoms with Gasteiger partial charge in [-0.2, -0.15) is 0 Å². The lowest BCUT2D eigenvalue weighted by Crippen LogP contribution is -2.29. The quantitative estimate of drug-likeness (QED) is 0.493. The number of aliphatic hydroxyl groups is 1. The molecule has 0 amide bonds. The van der Waals surface area contributed by atoms with E-state index in [0.29, 0.717) is 24.4 Å². The van der Waals surface area contributed by atoms with Gasteiger partial charge in [-0.3, -0.25) is 0 Å². The van der Waals surface area contributed by atoms with Crippen molar-refractivity contribution in [2.75, 3.05) is 6.61 Å². The summed E-state index contributed by atoms with van der Waals surface area (Å²) in [6, 6.07) is 8.37. The SMILES string of the molecule is C[C@]1(O)C[C@H](C[C@]2(C)O[C@@H]2COc2ccc3ccc(=O)oc3c2)OC1=O. The first kappa shape index (κ1) is 17.1. The fourth-order valence-electron chi connectivity index (χ4n) is 3.40. The number of hydrogen-bond acceptors (Lipinski definition) is 7. The predicted molar refractivity (Wildman–Crippen MR) is 91.0 cm³/mol. The molecule has 1 N–H and O–H groups in total. The zero-order valence-electron chi connectivity index (χ0n) is 14.6. The third-order valence-corrected chi connectivity index (χ3v) is 5.00. The first-order valence-electron chi connectivity index (χ1n) is 8.53. The van der Waals surface area contributed by atoms with Crippen LogP contribution in [0.5, 0.6) is 5.75 Å². The summed E-state index contributed by atoms with van der Waals surface area (Å²) in [7, 11) is 0. The molecule has 2 aliphatic heterocycles. The Hall–Kier alpha value is -2.38. The fraction of sp³-hybridized carbons (Fsp3) is 0.474. The summed E-state index contributed by atoms with van der Waals surface area (Å²) in [5.41, 5.74) is -1.81. The summed E-state index contributed by atoms with van der Waals surface area (Å²) < 4.78 is 21.8. The Balaban J connectivity index is 1.35. The molecule has 0 spiro atoms. The average Bonchev–Trinajstić information content (AvgIpc) is 3.12. The first-order chi connectivity index (χ1) is 12.2. The Kier molecular flexibility index (Phi) is 3.82. The van der Waals surface area contributed by atoms with Gasteiger partial charge in [-0.1, -0.05) is 0 Å². The molecule has 7 heteroatoms. The minimum absolute atomic E-state index is 0.134. The van der Waals surface area contributed by atoms with E-state index in [1.54, 1.807) is 18.2 Å². The maximum atomic E-state index is 11.6. The Morgan fingerprint density at radius 3 is 2.73 bits per heavy atom. The molecule has 0 radical (unpaired) electrons. The van der Waals surface area contributed by atoms with Crippen molar-refractivity contribution in [1.82, 2.24) is 0 Å². The van der Waals surface area contributed by atoms with Crippen molar-refractivity contribution in [3.05, 3.63) is 40.8 Å². The molecule has 3 heterocycles. The van der Waals surface area contributed by atoms with E-state index in [4.69, 9.17) is 18.6 Å². The Labute approximate surface area is 149 Å². The van der Waals surface area contributed by atoms with Crippen LogP contribution in [0.1, 0.15) is 26.7 Å². The molecule has 138 valence electrons. The van der Waals surface area contributed by atoms with Crippen LogP contribution < -0.4 is 10.4 Å². The highest BCUT2D eigenvalue weighted by Gasteiger charge is 2.56. The van der Waals surface area contributed by atoms with Crippen LogP contribution in [0.25, 0.3) is 11.0 Å². The summed E-state index contributed by atoms with van der Waals surface area (Å²) in [6.07, 6.45) is 0.282. The number of ether oxygens (including phenoxy) is 3. The van der Waals surface area contributed by atoms with Crippen molar-refractivity contribution >= 4 is 16.9 Å². The maximum Gasteiger partial charge on any atom is 0.338 e. The number of carbonyl (C=O) groups excluding carboxylic acids is 1. The normalized spacial score (nSPS) is 33.3. The second-order valence-corrected chi connectivity index (χ2v) is 7.39. The van der Waals surface area contributed by atoms with Gasteiger partial charge in [0.1, 0.15) is 30.1 Å². The van der Waals surface area contributed by atoms with Gasteiger partial charge in [-0.15, -0.1) is 0 Å². The van der Waals surface area contributed by atoms with E-state index in [1.807, 2.05) is 13.0 Å². The molecule has 2 fully saturated rings. The van der Waals surface area contributed by atoms with Crippen molar-refractivity contribution in [3.8, 4) is 5.75 Å². The molecule has 4 rings (SSSR count). The molecule has 1 aromatic heterocycles. The molecule has 0 unspecified atom stereocenters. The highest BCUT2D eigenvalue weighted by atomic mass is 16.6. The van der Waals surface area contributed by atoms with E-state index < -0.39 is 22.8 Å². The van der Waals surface area contributed by atoms with Gasteiger partial charge in [-0.05, 0) is 32.0 Å². The zero-order chi connectivity index (χ0) is 18.5. The van der Waals surface area contributed by atoms with Crippen molar-refractivity contribution in [3.63, 3.8) is 0 Å². The number of esters is 1. The summed E-state index contributed by atoms with van der Waals surface area (Å²) in [5.74, 6) is -0.00265. The smallest absolute Gasteiger partial charge is 0.338 e. The van der Waals surface area contributed by atoms with Crippen LogP contribution in [0.3, 0.4) is 0 Å². The molecule has 0 bridgehead atoms. The van der Waals surface area contributed by atoms with Crippen molar-refractivity contribution < 1.29 is 28.5 Å². The fourth-order valence-corrected chi connectivity index (χ4v) is 3.40. The van der Waals surface area contributed by atoms with E-state index in [1.165, 1.54) is 13.0 Å². The van der Waals surface area contributed by atoms with Crippen LogP contribution in [0.15, 0.2) is 39.5 Å². The van der Waals surface area contributed by atoms with Crippen LogP contribution in [0.2, 0.25) is 0 Å².